The van der Waals surface area contributed by atoms with Crippen molar-refractivity contribution in [1.29, 1.82) is 0 Å². The number of nitrogens with one attached hydrogen (secondary N) is 1. The second-order valence-electron chi connectivity index (χ2n) is 4.55. The van der Waals surface area contributed by atoms with Crippen LogP contribution in [0.5, 0.6) is 5.75 Å². The lowest BCUT2D eigenvalue weighted by Crippen LogP contribution is -2.43. The zero-order valence-electron chi connectivity index (χ0n) is 10.7. The molecule has 0 fully saturated rings. The summed E-state index contributed by atoms with van der Waals surface area (Å²) in [5, 5.41) is 2.67. The summed E-state index contributed by atoms with van der Waals surface area (Å²) >= 11 is 3.34. The number of fused-ring (bicyclic) bond motifs is 1. The Morgan fingerprint density at radius 2 is 2.15 bits per heavy atom. The van der Waals surface area contributed by atoms with Crippen LogP contribution < -0.4 is 10.1 Å². The molecule has 1 aromatic rings. The lowest BCUT2D eigenvalue weighted by atomic mass is 10.0. The average Bonchev–Trinajstić information content (AvgIpc) is 2.59. The van der Waals surface area contributed by atoms with Gasteiger partial charge < -0.3 is 10.1 Å². The van der Waals surface area contributed by atoms with Gasteiger partial charge in [-0.2, -0.15) is 13.2 Å². The molecule has 1 atom stereocenters. The number of halogens is 4. The Labute approximate surface area is 122 Å². The van der Waals surface area contributed by atoms with E-state index in [2.05, 4.69) is 21.2 Å². The summed E-state index contributed by atoms with van der Waals surface area (Å²) in [5.74, 6) is -1.10. The summed E-state index contributed by atoms with van der Waals surface area (Å²) in [7, 11) is 1.51. The highest BCUT2D eigenvalue weighted by atomic mass is 79.9. The van der Waals surface area contributed by atoms with Gasteiger partial charge in [0.1, 0.15) is 5.75 Å². The van der Waals surface area contributed by atoms with Crippen LogP contribution in [0.2, 0.25) is 0 Å². The molecule has 0 saturated heterocycles. The van der Waals surface area contributed by atoms with E-state index >= 15 is 0 Å². The number of methoxy groups -OCH3 is 1. The van der Waals surface area contributed by atoms with Gasteiger partial charge in [0.25, 0.3) is 5.78 Å². The van der Waals surface area contributed by atoms with Crippen molar-refractivity contribution in [3.63, 3.8) is 0 Å². The highest BCUT2D eigenvalue weighted by molar-refractivity contribution is 9.10. The van der Waals surface area contributed by atoms with Crippen molar-refractivity contribution in [3.8, 4) is 5.75 Å². The molecule has 1 unspecified atom stereocenters. The molecule has 0 radical (unpaired) electrons. The first-order valence-corrected chi connectivity index (χ1v) is 6.82. The van der Waals surface area contributed by atoms with Crippen LogP contribution in [0.25, 0.3) is 0 Å². The molecule has 1 aliphatic rings. The Morgan fingerprint density at radius 3 is 2.75 bits per heavy atom. The van der Waals surface area contributed by atoms with Crippen LogP contribution in [-0.4, -0.2) is 25.1 Å². The SMILES string of the molecule is COc1c(Br)ccc2c1CCC(C(=O)C(F)(F)F)NC2. The van der Waals surface area contributed by atoms with Crippen molar-refractivity contribution >= 4 is 21.7 Å². The molecule has 0 amide bonds. The van der Waals surface area contributed by atoms with Gasteiger partial charge in [0, 0.05) is 6.54 Å². The first-order chi connectivity index (χ1) is 9.34. The number of Topliss-reactive ketones (excluding diaryl/α,β-unsaturated/α-hetero) is 1. The zero-order chi connectivity index (χ0) is 14.9. The fourth-order valence-corrected chi connectivity index (χ4v) is 2.88. The molecular formula is C13H13BrF3NO2. The first-order valence-electron chi connectivity index (χ1n) is 6.03. The monoisotopic (exact) mass is 351 g/mol. The van der Waals surface area contributed by atoms with Crippen molar-refractivity contribution < 1.29 is 22.7 Å². The second kappa shape index (κ2) is 5.73. The molecule has 1 N–H and O–H groups in total. The van der Waals surface area contributed by atoms with Gasteiger partial charge in [-0.05, 0) is 46.0 Å². The Balaban J connectivity index is 2.25. The van der Waals surface area contributed by atoms with E-state index in [1.54, 1.807) is 6.07 Å². The summed E-state index contributed by atoms with van der Waals surface area (Å²) in [5.41, 5.74) is 1.69. The van der Waals surface area contributed by atoms with Crippen molar-refractivity contribution in [2.24, 2.45) is 0 Å². The molecule has 1 heterocycles. The Morgan fingerprint density at radius 1 is 1.45 bits per heavy atom. The Hall–Kier alpha value is -1.08. The summed E-state index contributed by atoms with van der Waals surface area (Å²) in [6.45, 7) is 0.214. The van der Waals surface area contributed by atoms with Crippen LogP contribution in [0.3, 0.4) is 0 Å². The number of ether oxygens (including phenoxy) is 1. The molecule has 20 heavy (non-hydrogen) atoms. The number of hydrogen-bond donors (Lipinski definition) is 1. The molecule has 7 heteroatoms. The van der Waals surface area contributed by atoms with Crippen LogP contribution in [0.15, 0.2) is 16.6 Å². The maximum absolute atomic E-state index is 12.5. The van der Waals surface area contributed by atoms with Gasteiger partial charge in [-0.1, -0.05) is 6.07 Å². The number of hydrogen-bond acceptors (Lipinski definition) is 3. The third kappa shape index (κ3) is 2.98. The van der Waals surface area contributed by atoms with Crippen LogP contribution >= 0.6 is 15.9 Å². The zero-order valence-corrected chi connectivity index (χ0v) is 12.3. The van der Waals surface area contributed by atoms with E-state index in [0.717, 1.165) is 15.6 Å². The van der Waals surface area contributed by atoms with Gasteiger partial charge in [0.15, 0.2) is 0 Å². The van der Waals surface area contributed by atoms with Gasteiger partial charge in [-0.3, -0.25) is 4.79 Å². The molecule has 0 bridgehead atoms. The molecule has 1 aliphatic heterocycles. The molecule has 3 nitrogen and oxygen atoms in total. The number of carbonyl (C=O) groups is 1. The van der Waals surface area contributed by atoms with E-state index in [1.165, 1.54) is 7.11 Å². The number of carbonyl (C=O) groups excluding carboxylic acids is 1. The van der Waals surface area contributed by atoms with Gasteiger partial charge in [-0.25, -0.2) is 0 Å². The molecule has 0 aromatic heterocycles. The van der Waals surface area contributed by atoms with Crippen molar-refractivity contribution in [2.75, 3.05) is 7.11 Å². The van der Waals surface area contributed by atoms with Gasteiger partial charge >= 0.3 is 6.18 Å². The Kier molecular flexibility index (Phi) is 4.39. The summed E-state index contributed by atoms with van der Waals surface area (Å²) in [6.07, 6.45) is -4.35. The first kappa shape index (κ1) is 15.3. The predicted molar refractivity (Wildman–Crippen MR) is 70.7 cm³/mol. The summed E-state index contributed by atoms with van der Waals surface area (Å²) < 4.78 is 43.5. The van der Waals surface area contributed by atoms with E-state index in [0.29, 0.717) is 12.2 Å². The van der Waals surface area contributed by atoms with Crippen molar-refractivity contribution in [2.45, 2.75) is 31.6 Å². The molecule has 0 spiro atoms. The average molecular weight is 352 g/mol. The molecule has 0 saturated carbocycles. The van der Waals surface area contributed by atoms with Crippen LogP contribution in [0.4, 0.5) is 13.2 Å². The normalized spacial score (nSPS) is 19.1. The number of benzene rings is 1. The number of rotatable bonds is 2. The minimum atomic E-state index is -4.81. The van der Waals surface area contributed by atoms with Crippen molar-refractivity contribution in [1.82, 2.24) is 5.32 Å². The topological polar surface area (TPSA) is 38.3 Å². The van der Waals surface area contributed by atoms with E-state index < -0.39 is 18.0 Å². The molecule has 0 aliphatic carbocycles. The highest BCUT2D eigenvalue weighted by Crippen LogP contribution is 2.34. The van der Waals surface area contributed by atoms with Gasteiger partial charge in [0.2, 0.25) is 0 Å². The molecule has 2 rings (SSSR count). The third-order valence-electron chi connectivity index (χ3n) is 3.33. The van der Waals surface area contributed by atoms with E-state index in [1.807, 2.05) is 6.07 Å². The lowest BCUT2D eigenvalue weighted by molar-refractivity contribution is -0.173. The standard InChI is InChI=1S/C13H13BrF3NO2/c1-20-11-8-3-5-10(12(19)13(15,16)17)18-6-7(8)2-4-9(11)14/h2,4,10,18H,3,5-6H2,1H3. The van der Waals surface area contributed by atoms with Gasteiger partial charge in [0.05, 0.1) is 17.6 Å². The molecule has 1 aromatic carbocycles. The number of alkyl halides is 3. The minimum absolute atomic E-state index is 0.0954. The van der Waals surface area contributed by atoms with E-state index in [9.17, 15) is 18.0 Å². The fraction of sp³-hybridized carbons (Fsp3) is 0.462. The predicted octanol–water partition coefficient (Wildman–Crippen LogP) is 2.99. The van der Waals surface area contributed by atoms with Gasteiger partial charge in [-0.15, -0.1) is 0 Å². The minimum Gasteiger partial charge on any atom is -0.495 e. The van der Waals surface area contributed by atoms with Crippen LogP contribution in [0.1, 0.15) is 17.5 Å². The van der Waals surface area contributed by atoms with E-state index in [-0.39, 0.29) is 13.0 Å². The lowest BCUT2D eigenvalue weighted by Gasteiger charge is -2.15. The van der Waals surface area contributed by atoms with Crippen LogP contribution in [0, 0.1) is 0 Å². The quantitative estimate of drug-likeness (QED) is 0.890. The number of ketones is 1. The second-order valence-corrected chi connectivity index (χ2v) is 5.41. The van der Waals surface area contributed by atoms with E-state index in [4.69, 9.17) is 4.74 Å². The third-order valence-corrected chi connectivity index (χ3v) is 3.96. The largest absolute Gasteiger partial charge is 0.495 e. The summed E-state index contributed by atoms with van der Waals surface area (Å²) in [6, 6.07) is 2.39. The fourth-order valence-electron chi connectivity index (χ4n) is 2.35. The highest BCUT2D eigenvalue weighted by Gasteiger charge is 2.43. The van der Waals surface area contributed by atoms with Crippen molar-refractivity contribution in [3.05, 3.63) is 27.7 Å². The molecule has 110 valence electrons. The maximum Gasteiger partial charge on any atom is 0.451 e. The maximum atomic E-state index is 12.5. The summed E-state index contributed by atoms with van der Waals surface area (Å²) in [4.78, 5) is 11.3. The Bertz CT molecular complexity index is 531. The van der Waals surface area contributed by atoms with Crippen LogP contribution in [-0.2, 0) is 17.8 Å². The molecular weight excluding hydrogens is 339 g/mol. The smallest absolute Gasteiger partial charge is 0.451 e.